The second kappa shape index (κ2) is 4.94. The van der Waals surface area contributed by atoms with E-state index in [9.17, 15) is 4.79 Å². The lowest BCUT2D eigenvalue weighted by Crippen LogP contribution is -2.20. The number of nitrogens with one attached hydrogen (secondary N) is 1. The van der Waals surface area contributed by atoms with Gasteiger partial charge in [-0.2, -0.15) is 12.6 Å². The average molecular weight is 267 g/mol. The van der Waals surface area contributed by atoms with E-state index >= 15 is 0 Å². The fourth-order valence-corrected chi connectivity index (χ4v) is 1.76. The van der Waals surface area contributed by atoms with Crippen LogP contribution in [-0.2, 0) is 4.79 Å². The number of hydrogen-bond acceptors (Lipinski definition) is 3. The molecule has 0 aliphatic rings. The molecule has 1 heterocycles. The van der Waals surface area contributed by atoms with E-state index in [1.165, 1.54) is 0 Å². The van der Waals surface area contributed by atoms with Gasteiger partial charge in [0.1, 0.15) is 0 Å². The van der Waals surface area contributed by atoms with Gasteiger partial charge in [0.25, 0.3) is 0 Å². The van der Waals surface area contributed by atoms with E-state index in [2.05, 4.69) is 22.9 Å². The molecule has 1 atom stereocenters. The molecule has 2 rings (SSSR count). The maximum atomic E-state index is 11.6. The monoisotopic (exact) mass is 266 g/mol. The topological polar surface area (TPSA) is 42.0 Å². The summed E-state index contributed by atoms with van der Waals surface area (Å²) in [7, 11) is 0. The first kappa shape index (κ1) is 12.2. The van der Waals surface area contributed by atoms with E-state index < -0.39 is 0 Å². The zero-order chi connectivity index (χ0) is 12.4. The van der Waals surface area contributed by atoms with E-state index in [0.717, 1.165) is 5.39 Å². The van der Waals surface area contributed by atoms with Gasteiger partial charge in [0.2, 0.25) is 5.91 Å². The molecule has 1 N–H and O–H groups in total. The number of aromatic nitrogens is 1. The minimum atomic E-state index is -0.371. The smallest absolute Gasteiger partial charge is 0.236 e. The second-order valence-electron chi connectivity index (χ2n) is 3.66. The summed E-state index contributed by atoms with van der Waals surface area (Å²) in [5.41, 5.74) is 1.33. The van der Waals surface area contributed by atoms with Crippen molar-refractivity contribution >= 4 is 46.7 Å². The zero-order valence-corrected chi connectivity index (χ0v) is 10.8. The molecule has 0 saturated heterocycles. The minimum Gasteiger partial charge on any atom is -0.323 e. The van der Waals surface area contributed by atoms with Crippen molar-refractivity contribution in [2.75, 3.05) is 5.32 Å². The number of thiol groups is 1. The minimum absolute atomic E-state index is 0.164. The molecule has 0 spiro atoms. The third-order valence-electron chi connectivity index (χ3n) is 2.35. The summed E-state index contributed by atoms with van der Waals surface area (Å²) in [5, 5.41) is 3.84. The molecule has 0 aliphatic heterocycles. The lowest BCUT2D eigenvalue weighted by atomic mass is 10.2. The summed E-state index contributed by atoms with van der Waals surface area (Å²) in [5.74, 6) is -0.164. The Morgan fingerprint density at radius 2 is 2.24 bits per heavy atom. The Balaban J connectivity index is 2.48. The summed E-state index contributed by atoms with van der Waals surface area (Å²) in [4.78, 5) is 15.8. The van der Waals surface area contributed by atoms with Crippen molar-refractivity contribution in [2.45, 2.75) is 12.2 Å². The molecule has 1 unspecified atom stereocenters. The van der Waals surface area contributed by atoms with Gasteiger partial charge in [0.15, 0.2) is 0 Å². The summed E-state index contributed by atoms with van der Waals surface area (Å²) < 4.78 is 0. The maximum absolute atomic E-state index is 11.6. The number of carbonyl (C=O) groups is 1. The van der Waals surface area contributed by atoms with Crippen LogP contribution in [0.15, 0.2) is 30.5 Å². The van der Waals surface area contributed by atoms with Crippen molar-refractivity contribution in [3.05, 3.63) is 35.5 Å². The van der Waals surface area contributed by atoms with E-state index in [0.29, 0.717) is 16.2 Å². The Labute approximate surface area is 110 Å². The Kier molecular flexibility index (Phi) is 3.54. The van der Waals surface area contributed by atoms with Gasteiger partial charge in [0.05, 0.1) is 21.5 Å². The lowest BCUT2D eigenvalue weighted by Gasteiger charge is -2.10. The van der Waals surface area contributed by atoms with Crippen LogP contribution in [0, 0.1) is 0 Å². The average Bonchev–Trinajstić information content (AvgIpc) is 2.33. The molecule has 0 bridgehead atoms. The number of amides is 1. The van der Waals surface area contributed by atoms with Gasteiger partial charge in [-0.1, -0.05) is 11.6 Å². The third kappa shape index (κ3) is 2.53. The lowest BCUT2D eigenvalue weighted by molar-refractivity contribution is -0.115. The predicted octanol–water partition coefficient (Wildman–Crippen LogP) is 3.15. The highest BCUT2D eigenvalue weighted by Gasteiger charge is 2.11. The van der Waals surface area contributed by atoms with Crippen LogP contribution >= 0.6 is 24.2 Å². The molecule has 3 nitrogen and oxygen atoms in total. The largest absolute Gasteiger partial charge is 0.323 e. The van der Waals surface area contributed by atoms with E-state index in [1.54, 1.807) is 31.3 Å². The fraction of sp³-hybridized carbons (Fsp3) is 0.167. The van der Waals surface area contributed by atoms with Crippen LogP contribution in [0.3, 0.4) is 0 Å². The van der Waals surface area contributed by atoms with Crippen molar-refractivity contribution in [1.82, 2.24) is 4.98 Å². The molecule has 17 heavy (non-hydrogen) atoms. The quantitative estimate of drug-likeness (QED) is 0.820. The van der Waals surface area contributed by atoms with Gasteiger partial charge >= 0.3 is 0 Å². The first-order valence-corrected chi connectivity index (χ1v) is 6.01. The molecular formula is C12H11ClN2OS. The highest BCUT2D eigenvalue weighted by Crippen LogP contribution is 2.28. The SMILES string of the molecule is CC(S)C(=O)Nc1ccc(Cl)c2cccnc12. The molecule has 88 valence electrons. The number of carbonyl (C=O) groups excluding carboxylic acids is 1. The van der Waals surface area contributed by atoms with Gasteiger partial charge in [-0.15, -0.1) is 0 Å². The van der Waals surface area contributed by atoms with Crippen molar-refractivity contribution in [1.29, 1.82) is 0 Å². The van der Waals surface area contributed by atoms with Crippen molar-refractivity contribution in [3.8, 4) is 0 Å². The van der Waals surface area contributed by atoms with Crippen molar-refractivity contribution in [3.63, 3.8) is 0 Å². The van der Waals surface area contributed by atoms with Crippen LogP contribution in [-0.4, -0.2) is 16.1 Å². The predicted molar refractivity (Wildman–Crippen MR) is 73.8 cm³/mol. The molecule has 0 saturated carbocycles. The third-order valence-corrected chi connectivity index (χ3v) is 2.92. The van der Waals surface area contributed by atoms with Crippen molar-refractivity contribution < 1.29 is 4.79 Å². The fourth-order valence-electron chi connectivity index (χ4n) is 1.48. The summed E-state index contributed by atoms with van der Waals surface area (Å²) in [6, 6.07) is 7.15. The van der Waals surface area contributed by atoms with Gasteiger partial charge < -0.3 is 5.32 Å². The number of anilines is 1. The number of benzene rings is 1. The molecular weight excluding hydrogens is 256 g/mol. The second-order valence-corrected chi connectivity index (χ2v) is 4.84. The number of fused-ring (bicyclic) bond motifs is 1. The van der Waals surface area contributed by atoms with E-state index in [4.69, 9.17) is 11.6 Å². The molecule has 5 heteroatoms. The maximum Gasteiger partial charge on any atom is 0.236 e. The summed E-state index contributed by atoms with van der Waals surface area (Å²) in [6.07, 6.45) is 1.67. The van der Waals surface area contributed by atoms with Crippen LogP contribution in [0.1, 0.15) is 6.92 Å². The zero-order valence-electron chi connectivity index (χ0n) is 9.14. The van der Waals surface area contributed by atoms with E-state index in [-0.39, 0.29) is 11.2 Å². The van der Waals surface area contributed by atoms with Gasteiger partial charge in [0, 0.05) is 11.6 Å². The van der Waals surface area contributed by atoms with Gasteiger partial charge in [-0.05, 0) is 31.2 Å². The Morgan fingerprint density at radius 1 is 1.47 bits per heavy atom. The number of rotatable bonds is 2. The highest BCUT2D eigenvalue weighted by atomic mass is 35.5. The highest BCUT2D eigenvalue weighted by molar-refractivity contribution is 7.81. The molecule has 0 aliphatic carbocycles. The van der Waals surface area contributed by atoms with Crippen LogP contribution in [0.25, 0.3) is 10.9 Å². The number of hydrogen-bond donors (Lipinski definition) is 2. The Hall–Kier alpha value is -1.26. The first-order chi connectivity index (χ1) is 8.09. The summed E-state index contributed by atoms with van der Waals surface area (Å²) in [6.45, 7) is 1.71. The standard InChI is InChI=1S/C12H11ClN2OS/c1-7(17)12(16)15-10-5-4-9(13)8-3-2-6-14-11(8)10/h2-7,17H,1H3,(H,15,16). The molecule has 1 aromatic heterocycles. The van der Waals surface area contributed by atoms with Crippen LogP contribution < -0.4 is 5.32 Å². The molecule has 1 amide bonds. The molecule has 1 aromatic carbocycles. The Bertz CT molecular complexity index is 571. The van der Waals surface area contributed by atoms with E-state index in [1.807, 2.05) is 6.07 Å². The number of pyridine rings is 1. The van der Waals surface area contributed by atoms with Crippen LogP contribution in [0.4, 0.5) is 5.69 Å². The first-order valence-electron chi connectivity index (χ1n) is 5.12. The Morgan fingerprint density at radius 3 is 2.94 bits per heavy atom. The van der Waals surface area contributed by atoms with Crippen LogP contribution in [0.5, 0.6) is 0 Å². The molecule has 2 aromatic rings. The normalized spacial score (nSPS) is 12.4. The van der Waals surface area contributed by atoms with Gasteiger partial charge in [-0.25, -0.2) is 0 Å². The number of nitrogens with zero attached hydrogens (tertiary/aromatic N) is 1. The number of halogens is 1. The van der Waals surface area contributed by atoms with Crippen LogP contribution in [0.2, 0.25) is 5.02 Å². The summed E-state index contributed by atoms with van der Waals surface area (Å²) >= 11 is 10.1. The van der Waals surface area contributed by atoms with Gasteiger partial charge in [-0.3, -0.25) is 9.78 Å². The molecule has 0 radical (unpaired) electrons. The molecule has 0 fully saturated rings. The van der Waals surface area contributed by atoms with Crippen molar-refractivity contribution in [2.24, 2.45) is 0 Å².